The van der Waals surface area contributed by atoms with Crippen LogP contribution in [0, 0.1) is 5.82 Å². The zero-order chi connectivity index (χ0) is 17.9. The number of aryl methyl sites for hydroxylation is 1. The molecule has 1 amide bonds. The average molecular weight is 353 g/mol. The van der Waals surface area contributed by atoms with Gasteiger partial charge in [0.05, 0.1) is 11.1 Å². The third kappa shape index (κ3) is 3.19. The molecule has 0 aliphatic carbocycles. The number of sulfone groups is 1. The van der Waals surface area contributed by atoms with E-state index in [1.54, 1.807) is 32.0 Å². The predicted octanol–water partition coefficient (Wildman–Crippen LogP) is 2.73. The van der Waals surface area contributed by atoms with Gasteiger partial charge in [-0.05, 0) is 31.9 Å². The molecule has 0 saturated heterocycles. The summed E-state index contributed by atoms with van der Waals surface area (Å²) in [5.74, 6) is -1.04. The van der Waals surface area contributed by atoms with Gasteiger partial charge in [0.15, 0.2) is 5.82 Å². The molecule has 1 aromatic carbocycles. The molecular weight excluding hydrogens is 333 g/mol. The Bertz CT molecular complexity index is 842. The molecule has 0 spiro atoms. The Morgan fingerprint density at radius 1 is 1.21 bits per heavy atom. The maximum absolute atomic E-state index is 14.2. The normalized spacial score (nSPS) is 11.5. The van der Waals surface area contributed by atoms with Crippen LogP contribution in [0.25, 0.3) is 0 Å². The topological polar surface area (TPSA) is 72.3 Å². The molecule has 1 heterocycles. The van der Waals surface area contributed by atoms with Crippen LogP contribution in [0.3, 0.4) is 0 Å². The molecule has 0 fully saturated rings. The van der Waals surface area contributed by atoms with Crippen LogP contribution in [0.1, 0.15) is 26.3 Å². The minimum Gasteiger partial charge on any atom is -0.323 e. The zero-order valence-corrected chi connectivity index (χ0v) is 14.7. The lowest BCUT2D eigenvalue weighted by Gasteiger charge is -2.17. The fourth-order valence-corrected chi connectivity index (χ4v) is 3.95. The average Bonchev–Trinajstić information content (AvgIpc) is 2.98. The van der Waals surface area contributed by atoms with Crippen molar-refractivity contribution < 1.29 is 17.6 Å². The van der Waals surface area contributed by atoms with Crippen LogP contribution in [0.4, 0.5) is 9.18 Å². The van der Waals surface area contributed by atoms with Gasteiger partial charge in [0.1, 0.15) is 0 Å². The van der Waals surface area contributed by atoms with E-state index in [9.17, 15) is 17.6 Å². The Kier molecular flexibility index (Phi) is 5.38. The molecule has 0 N–H and O–H groups in total. The molecule has 0 aliphatic rings. The summed E-state index contributed by atoms with van der Waals surface area (Å²) < 4.78 is 40.4. The van der Waals surface area contributed by atoms with Gasteiger partial charge in [-0.3, -0.25) is 0 Å². The number of hydrogen-bond donors (Lipinski definition) is 0. The minimum absolute atomic E-state index is 0.00642. The van der Waals surface area contributed by atoms with Gasteiger partial charge in [0.25, 0.3) is 0 Å². The molecule has 0 radical (unpaired) electrons. The third-order valence-corrected chi connectivity index (χ3v) is 5.53. The van der Waals surface area contributed by atoms with Gasteiger partial charge < -0.3 is 4.90 Å². The largest absolute Gasteiger partial charge is 0.344 e. The molecule has 0 unspecified atom stereocenters. The van der Waals surface area contributed by atoms with E-state index < -0.39 is 26.7 Å². The smallest absolute Gasteiger partial charge is 0.323 e. The number of halogens is 1. The number of carbonyl (C=O) groups excluding carboxylic acids is 1. The number of hydrogen-bond acceptors (Lipinski definition) is 4. The molecule has 2 aromatic rings. The number of carbonyl (C=O) groups is 1. The van der Waals surface area contributed by atoms with Crippen LogP contribution in [0.5, 0.6) is 0 Å². The van der Waals surface area contributed by atoms with E-state index in [0.717, 1.165) is 10.9 Å². The van der Waals surface area contributed by atoms with Crippen molar-refractivity contribution in [2.24, 2.45) is 0 Å². The molecule has 1 aromatic heterocycles. The summed E-state index contributed by atoms with van der Waals surface area (Å²) in [5.41, 5.74) is 0.571. The highest BCUT2D eigenvalue weighted by Crippen LogP contribution is 2.25. The molecule has 0 bridgehead atoms. The van der Waals surface area contributed by atoms with Gasteiger partial charge in [-0.1, -0.05) is 25.1 Å². The first-order valence-electron chi connectivity index (χ1n) is 7.74. The monoisotopic (exact) mass is 353 g/mol. The van der Waals surface area contributed by atoms with E-state index in [2.05, 4.69) is 5.10 Å². The van der Waals surface area contributed by atoms with Gasteiger partial charge in [-0.2, -0.15) is 4.68 Å². The quantitative estimate of drug-likeness (QED) is 0.828. The molecule has 0 aliphatic heterocycles. The number of amides is 1. The predicted molar refractivity (Wildman–Crippen MR) is 87.2 cm³/mol. The van der Waals surface area contributed by atoms with E-state index in [1.807, 2.05) is 6.92 Å². The lowest BCUT2D eigenvalue weighted by molar-refractivity contribution is 0.201. The van der Waals surface area contributed by atoms with Crippen molar-refractivity contribution in [1.82, 2.24) is 14.7 Å². The van der Waals surface area contributed by atoms with Crippen LogP contribution in [-0.4, -0.2) is 42.2 Å². The van der Waals surface area contributed by atoms with Crippen LogP contribution in [-0.2, 0) is 16.3 Å². The van der Waals surface area contributed by atoms with Gasteiger partial charge in [-0.15, -0.1) is 5.10 Å². The lowest BCUT2D eigenvalue weighted by atomic mass is 10.2. The summed E-state index contributed by atoms with van der Waals surface area (Å²) in [5, 5.41) is 2.98. The highest BCUT2D eigenvalue weighted by molar-refractivity contribution is 7.91. The maximum atomic E-state index is 14.2. The molecule has 2 rings (SSSR count). The first-order valence-corrected chi connectivity index (χ1v) is 9.22. The van der Waals surface area contributed by atoms with Crippen molar-refractivity contribution in [3.63, 3.8) is 0 Å². The Morgan fingerprint density at radius 2 is 1.83 bits per heavy atom. The first kappa shape index (κ1) is 18.1. The molecule has 6 nitrogen and oxygen atoms in total. The summed E-state index contributed by atoms with van der Waals surface area (Å²) in [6, 6.07) is 5.81. The third-order valence-electron chi connectivity index (χ3n) is 3.77. The van der Waals surface area contributed by atoms with Gasteiger partial charge >= 0.3 is 6.03 Å². The van der Waals surface area contributed by atoms with Crippen LogP contribution < -0.4 is 0 Å². The van der Waals surface area contributed by atoms with E-state index in [4.69, 9.17) is 0 Å². The number of nitrogens with zero attached hydrogens (tertiary/aromatic N) is 3. The summed E-state index contributed by atoms with van der Waals surface area (Å²) >= 11 is 0. The number of benzene rings is 1. The summed E-state index contributed by atoms with van der Waals surface area (Å²) in [6.45, 7) is 6.19. The zero-order valence-electron chi connectivity index (χ0n) is 13.9. The van der Waals surface area contributed by atoms with E-state index in [1.165, 1.54) is 11.0 Å². The van der Waals surface area contributed by atoms with Crippen LogP contribution >= 0.6 is 0 Å². The number of aromatic nitrogens is 2. The molecule has 0 atom stereocenters. The van der Waals surface area contributed by atoms with Crippen molar-refractivity contribution in [3.8, 4) is 0 Å². The standard InChI is InChI=1S/C16H20FN3O3S/c1-4-12-9-7-8-10-14(12)24(22,23)15-13(17)11-20(18-15)16(21)19(5-2)6-3/h7-11H,4-6H2,1-3H3. The molecule has 0 saturated carbocycles. The van der Waals surface area contributed by atoms with E-state index in [-0.39, 0.29) is 4.90 Å². The van der Waals surface area contributed by atoms with Gasteiger partial charge in [-0.25, -0.2) is 17.6 Å². The Balaban J connectivity index is 2.51. The first-order chi connectivity index (χ1) is 11.4. The summed E-state index contributed by atoms with van der Waals surface area (Å²) in [4.78, 5) is 13.6. The fraction of sp³-hybridized carbons (Fsp3) is 0.375. The number of rotatable bonds is 5. The second-order valence-corrected chi connectivity index (χ2v) is 6.98. The lowest BCUT2D eigenvalue weighted by Crippen LogP contribution is -2.34. The Morgan fingerprint density at radius 3 is 2.42 bits per heavy atom. The molecular formula is C16H20FN3O3S. The molecule has 24 heavy (non-hydrogen) atoms. The highest BCUT2D eigenvalue weighted by atomic mass is 32.2. The second kappa shape index (κ2) is 7.12. The Hall–Kier alpha value is -2.22. The highest BCUT2D eigenvalue weighted by Gasteiger charge is 2.29. The van der Waals surface area contributed by atoms with Crippen LogP contribution in [0.2, 0.25) is 0 Å². The molecule has 130 valence electrons. The van der Waals surface area contributed by atoms with E-state index in [0.29, 0.717) is 25.1 Å². The van der Waals surface area contributed by atoms with E-state index >= 15 is 0 Å². The summed E-state index contributed by atoms with van der Waals surface area (Å²) in [7, 11) is -4.14. The van der Waals surface area contributed by atoms with Crippen molar-refractivity contribution in [2.75, 3.05) is 13.1 Å². The van der Waals surface area contributed by atoms with Gasteiger partial charge in [0, 0.05) is 13.1 Å². The Labute approximate surface area is 140 Å². The molecule has 8 heteroatoms. The SMILES string of the molecule is CCc1ccccc1S(=O)(=O)c1nn(C(=O)N(CC)CC)cc1F. The van der Waals surface area contributed by atoms with Crippen molar-refractivity contribution in [1.29, 1.82) is 0 Å². The maximum Gasteiger partial charge on any atom is 0.344 e. The van der Waals surface area contributed by atoms with Crippen molar-refractivity contribution >= 4 is 15.9 Å². The fourth-order valence-electron chi connectivity index (χ4n) is 2.42. The second-order valence-electron chi connectivity index (χ2n) is 5.15. The van der Waals surface area contributed by atoms with Crippen molar-refractivity contribution in [3.05, 3.63) is 41.8 Å². The summed E-state index contributed by atoms with van der Waals surface area (Å²) in [6.07, 6.45) is 1.29. The van der Waals surface area contributed by atoms with Gasteiger partial charge in [0.2, 0.25) is 14.9 Å². The minimum atomic E-state index is -4.14. The van der Waals surface area contributed by atoms with Crippen LogP contribution in [0.15, 0.2) is 40.4 Å². The van der Waals surface area contributed by atoms with Crippen molar-refractivity contribution in [2.45, 2.75) is 37.1 Å².